The maximum atomic E-state index is 12.4. The summed E-state index contributed by atoms with van der Waals surface area (Å²) in [4.78, 5) is 14.1. The van der Waals surface area contributed by atoms with Gasteiger partial charge in [0.05, 0.1) is 27.5 Å². The molecule has 0 fully saturated rings. The summed E-state index contributed by atoms with van der Waals surface area (Å²) in [5, 5.41) is 4.12. The second-order valence-electron chi connectivity index (χ2n) is 5.81. The van der Waals surface area contributed by atoms with Crippen molar-refractivity contribution >= 4 is 5.91 Å². The van der Waals surface area contributed by atoms with Crippen LogP contribution in [0.5, 0.6) is 17.2 Å². The lowest BCUT2D eigenvalue weighted by Gasteiger charge is -2.17. The number of aryl methyl sites for hydroxylation is 2. The van der Waals surface area contributed by atoms with Crippen LogP contribution in [0.2, 0.25) is 0 Å². The molecule has 25 heavy (non-hydrogen) atoms. The van der Waals surface area contributed by atoms with E-state index in [0.29, 0.717) is 36.6 Å². The highest BCUT2D eigenvalue weighted by molar-refractivity contribution is 5.76. The molecule has 7 heteroatoms. The van der Waals surface area contributed by atoms with Crippen molar-refractivity contribution < 1.29 is 19.0 Å². The van der Waals surface area contributed by atoms with E-state index in [2.05, 4.69) is 5.10 Å². The van der Waals surface area contributed by atoms with E-state index >= 15 is 0 Å². The summed E-state index contributed by atoms with van der Waals surface area (Å²) in [5.41, 5.74) is 1.96. The summed E-state index contributed by atoms with van der Waals surface area (Å²) in [5.74, 6) is 1.80. The van der Waals surface area contributed by atoms with Gasteiger partial charge in [0.1, 0.15) is 0 Å². The molecular formula is C18H25N3O4. The first-order valence-electron chi connectivity index (χ1n) is 7.98. The molecule has 0 bridgehead atoms. The van der Waals surface area contributed by atoms with Crippen LogP contribution >= 0.6 is 0 Å². The van der Waals surface area contributed by atoms with Gasteiger partial charge in [0.25, 0.3) is 0 Å². The molecule has 0 saturated heterocycles. The van der Waals surface area contributed by atoms with Crippen LogP contribution in [0.1, 0.15) is 17.5 Å². The molecule has 2 aromatic rings. The van der Waals surface area contributed by atoms with Crippen LogP contribution < -0.4 is 14.2 Å². The molecule has 1 amide bonds. The van der Waals surface area contributed by atoms with E-state index in [1.165, 1.54) is 0 Å². The second-order valence-corrected chi connectivity index (χ2v) is 5.81. The fourth-order valence-corrected chi connectivity index (χ4v) is 2.64. The number of rotatable bonds is 8. The normalized spacial score (nSPS) is 10.4. The van der Waals surface area contributed by atoms with Gasteiger partial charge in [-0.2, -0.15) is 5.10 Å². The standard InChI is InChI=1S/C18H25N3O4/c1-20(11-14-10-19-21(2)12-14)17(22)7-6-13-8-15(23-3)18(25-5)16(9-13)24-4/h8-10,12H,6-7,11H2,1-5H3. The number of hydrogen-bond acceptors (Lipinski definition) is 5. The minimum absolute atomic E-state index is 0.0672. The van der Waals surface area contributed by atoms with Gasteiger partial charge >= 0.3 is 0 Å². The number of carbonyl (C=O) groups excluding carboxylic acids is 1. The summed E-state index contributed by atoms with van der Waals surface area (Å²) >= 11 is 0. The average molecular weight is 347 g/mol. The highest BCUT2D eigenvalue weighted by Gasteiger charge is 2.15. The lowest BCUT2D eigenvalue weighted by molar-refractivity contribution is -0.130. The van der Waals surface area contributed by atoms with E-state index in [0.717, 1.165) is 11.1 Å². The van der Waals surface area contributed by atoms with E-state index in [1.807, 2.05) is 25.4 Å². The Labute approximate surface area is 148 Å². The van der Waals surface area contributed by atoms with Crippen molar-refractivity contribution in [3.8, 4) is 17.2 Å². The first kappa shape index (κ1) is 18.6. The van der Waals surface area contributed by atoms with Crippen LogP contribution in [0.25, 0.3) is 0 Å². The first-order chi connectivity index (χ1) is 12.0. The number of ether oxygens (including phenoxy) is 3. The van der Waals surface area contributed by atoms with Crippen LogP contribution in [0.3, 0.4) is 0 Å². The number of benzene rings is 1. The van der Waals surface area contributed by atoms with Crippen molar-refractivity contribution in [2.75, 3.05) is 28.4 Å². The zero-order valence-corrected chi connectivity index (χ0v) is 15.4. The zero-order valence-electron chi connectivity index (χ0n) is 15.4. The second kappa shape index (κ2) is 8.41. The molecule has 7 nitrogen and oxygen atoms in total. The summed E-state index contributed by atoms with van der Waals surface area (Å²) in [6, 6.07) is 3.74. The Hall–Kier alpha value is -2.70. The van der Waals surface area contributed by atoms with Gasteiger partial charge in [-0.1, -0.05) is 0 Å². The highest BCUT2D eigenvalue weighted by Crippen LogP contribution is 2.38. The summed E-state index contributed by atoms with van der Waals surface area (Å²) in [7, 11) is 8.37. The van der Waals surface area contributed by atoms with E-state index in [4.69, 9.17) is 14.2 Å². The van der Waals surface area contributed by atoms with Gasteiger partial charge in [-0.3, -0.25) is 9.48 Å². The molecule has 0 N–H and O–H groups in total. The molecule has 0 unspecified atom stereocenters. The largest absolute Gasteiger partial charge is 0.493 e. The molecule has 2 rings (SSSR count). The third-order valence-corrected chi connectivity index (χ3v) is 3.96. The third kappa shape index (κ3) is 4.65. The van der Waals surface area contributed by atoms with E-state index < -0.39 is 0 Å². The van der Waals surface area contributed by atoms with Crippen LogP contribution in [0, 0.1) is 0 Å². The fourth-order valence-electron chi connectivity index (χ4n) is 2.64. The molecule has 136 valence electrons. The van der Waals surface area contributed by atoms with Gasteiger partial charge in [0.15, 0.2) is 11.5 Å². The van der Waals surface area contributed by atoms with Gasteiger partial charge in [-0.05, 0) is 24.1 Å². The summed E-state index contributed by atoms with van der Waals surface area (Å²) in [6.07, 6.45) is 4.66. The smallest absolute Gasteiger partial charge is 0.222 e. The number of aromatic nitrogens is 2. The number of methoxy groups -OCH3 is 3. The SMILES string of the molecule is COc1cc(CCC(=O)N(C)Cc2cnn(C)c2)cc(OC)c1OC. The van der Waals surface area contributed by atoms with Crippen LogP contribution in [0.15, 0.2) is 24.5 Å². The van der Waals surface area contributed by atoms with Crippen molar-refractivity contribution in [1.29, 1.82) is 0 Å². The van der Waals surface area contributed by atoms with E-state index in [-0.39, 0.29) is 5.91 Å². The quantitative estimate of drug-likeness (QED) is 0.731. The summed E-state index contributed by atoms with van der Waals surface area (Å²) < 4.78 is 17.7. The Kier molecular flexibility index (Phi) is 6.27. The van der Waals surface area contributed by atoms with Crippen molar-refractivity contribution in [2.24, 2.45) is 7.05 Å². The Morgan fingerprint density at radius 2 is 1.76 bits per heavy atom. The number of amides is 1. The van der Waals surface area contributed by atoms with Crippen LogP contribution in [-0.2, 0) is 24.8 Å². The number of carbonyl (C=O) groups is 1. The lowest BCUT2D eigenvalue weighted by atomic mass is 10.1. The minimum atomic E-state index is 0.0672. The zero-order chi connectivity index (χ0) is 18.4. The van der Waals surface area contributed by atoms with Crippen molar-refractivity contribution in [2.45, 2.75) is 19.4 Å². The third-order valence-electron chi connectivity index (χ3n) is 3.96. The predicted octanol–water partition coefficient (Wildman–Crippen LogP) is 2.04. The van der Waals surface area contributed by atoms with Gasteiger partial charge in [-0.15, -0.1) is 0 Å². The Morgan fingerprint density at radius 3 is 2.24 bits per heavy atom. The molecule has 1 aromatic heterocycles. The molecule has 1 heterocycles. The lowest BCUT2D eigenvalue weighted by Crippen LogP contribution is -2.26. The Morgan fingerprint density at radius 1 is 1.12 bits per heavy atom. The van der Waals surface area contributed by atoms with Gasteiger partial charge in [-0.25, -0.2) is 0 Å². The molecule has 0 spiro atoms. The van der Waals surface area contributed by atoms with E-state index in [1.54, 1.807) is 44.2 Å². The predicted molar refractivity (Wildman–Crippen MR) is 94.1 cm³/mol. The average Bonchev–Trinajstić information content (AvgIpc) is 3.03. The molecule has 0 aliphatic heterocycles. The van der Waals surface area contributed by atoms with Gasteiger partial charge in [0.2, 0.25) is 11.7 Å². The maximum absolute atomic E-state index is 12.4. The van der Waals surface area contributed by atoms with E-state index in [9.17, 15) is 4.79 Å². The van der Waals surface area contributed by atoms with Crippen LogP contribution in [0.4, 0.5) is 0 Å². The Balaban J connectivity index is 2.01. The molecule has 0 atom stereocenters. The van der Waals surface area contributed by atoms with Crippen molar-refractivity contribution in [3.05, 3.63) is 35.7 Å². The van der Waals surface area contributed by atoms with Crippen molar-refractivity contribution in [3.63, 3.8) is 0 Å². The molecule has 0 aliphatic carbocycles. The van der Waals surface area contributed by atoms with Gasteiger partial charge < -0.3 is 19.1 Å². The monoisotopic (exact) mass is 347 g/mol. The molecular weight excluding hydrogens is 322 g/mol. The molecule has 0 aliphatic rings. The topological polar surface area (TPSA) is 65.8 Å². The molecule has 1 aromatic carbocycles. The van der Waals surface area contributed by atoms with Crippen LogP contribution in [-0.4, -0.2) is 49.0 Å². The number of hydrogen-bond donors (Lipinski definition) is 0. The Bertz CT molecular complexity index is 702. The van der Waals surface area contributed by atoms with Crippen molar-refractivity contribution in [1.82, 2.24) is 14.7 Å². The molecule has 0 radical (unpaired) electrons. The first-order valence-corrected chi connectivity index (χ1v) is 7.98. The highest BCUT2D eigenvalue weighted by atomic mass is 16.5. The maximum Gasteiger partial charge on any atom is 0.222 e. The minimum Gasteiger partial charge on any atom is -0.493 e. The molecule has 0 saturated carbocycles. The summed E-state index contributed by atoms with van der Waals surface area (Å²) in [6.45, 7) is 0.544. The fraction of sp³-hybridized carbons (Fsp3) is 0.444. The number of nitrogens with zero attached hydrogens (tertiary/aromatic N) is 3. The van der Waals surface area contributed by atoms with Gasteiger partial charge in [0, 0.05) is 38.8 Å².